The first-order chi connectivity index (χ1) is 10.2. The second-order valence-electron chi connectivity index (χ2n) is 4.99. The van der Waals surface area contributed by atoms with Crippen LogP contribution in [0.5, 0.6) is 0 Å². The number of rotatable bonds is 7. The van der Waals surface area contributed by atoms with Crippen LogP contribution < -0.4 is 5.32 Å². The van der Waals surface area contributed by atoms with Gasteiger partial charge in [-0.2, -0.15) is 5.10 Å². The number of unbranched alkanes of at least 4 members (excludes halogenated alkanes) is 3. The summed E-state index contributed by atoms with van der Waals surface area (Å²) in [4.78, 5) is 12.0. The smallest absolute Gasteiger partial charge is 0.269 e. The Morgan fingerprint density at radius 2 is 2.00 bits per heavy atom. The summed E-state index contributed by atoms with van der Waals surface area (Å²) in [6.07, 6.45) is 4.56. The number of benzene rings is 1. The summed E-state index contributed by atoms with van der Waals surface area (Å²) in [5.74, 6) is -0.112. The van der Waals surface area contributed by atoms with E-state index in [1.807, 2.05) is 12.1 Å². The fraction of sp³-hybridized carbons (Fsp3) is 0.375. The minimum Gasteiger partial charge on any atom is -0.351 e. The molecule has 5 heteroatoms. The van der Waals surface area contributed by atoms with Gasteiger partial charge in [-0.25, -0.2) is 0 Å². The van der Waals surface area contributed by atoms with Gasteiger partial charge in [-0.05, 0) is 24.6 Å². The van der Waals surface area contributed by atoms with Crippen molar-refractivity contribution >= 4 is 17.5 Å². The highest BCUT2D eigenvalue weighted by Crippen LogP contribution is 2.20. The van der Waals surface area contributed by atoms with Crippen LogP contribution in [0.15, 0.2) is 30.3 Å². The van der Waals surface area contributed by atoms with Gasteiger partial charge in [-0.15, -0.1) is 0 Å². The normalized spacial score (nSPS) is 10.6. The van der Waals surface area contributed by atoms with Crippen LogP contribution in [0, 0.1) is 0 Å². The minimum absolute atomic E-state index is 0.112. The third kappa shape index (κ3) is 4.60. The lowest BCUT2D eigenvalue weighted by Crippen LogP contribution is -2.24. The lowest BCUT2D eigenvalue weighted by Gasteiger charge is -2.02. The minimum atomic E-state index is -0.112. The number of aromatic amines is 1. The zero-order valence-corrected chi connectivity index (χ0v) is 12.9. The number of carbonyl (C=O) groups is 1. The Balaban J connectivity index is 1.90. The van der Waals surface area contributed by atoms with E-state index in [2.05, 4.69) is 22.4 Å². The van der Waals surface area contributed by atoms with E-state index < -0.39 is 0 Å². The standard InChI is InChI=1S/C16H20ClN3O/c1-2-3-4-5-10-18-16(21)15-11-14(19-20-15)12-6-8-13(17)9-7-12/h6-9,11H,2-5,10H2,1H3,(H,18,21)(H,19,20). The second-order valence-corrected chi connectivity index (χ2v) is 5.43. The molecule has 1 aromatic carbocycles. The molecule has 4 nitrogen and oxygen atoms in total. The summed E-state index contributed by atoms with van der Waals surface area (Å²) in [6, 6.07) is 9.12. The molecule has 0 aliphatic carbocycles. The van der Waals surface area contributed by atoms with Gasteiger partial charge < -0.3 is 5.32 Å². The fourth-order valence-electron chi connectivity index (χ4n) is 2.06. The average Bonchev–Trinajstić information content (AvgIpc) is 2.97. The molecule has 0 spiro atoms. The highest BCUT2D eigenvalue weighted by atomic mass is 35.5. The Morgan fingerprint density at radius 1 is 1.24 bits per heavy atom. The van der Waals surface area contributed by atoms with Gasteiger partial charge in [0.25, 0.3) is 5.91 Å². The highest BCUT2D eigenvalue weighted by Gasteiger charge is 2.10. The molecule has 0 aliphatic rings. The number of amides is 1. The van der Waals surface area contributed by atoms with Crippen molar-refractivity contribution in [1.29, 1.82) is 0 Å². The van der Waals surface area contributed by atoms with Crippen LogP contribution in [0.25, 0.3) is 11.3 Å². The van der Waals surface area contributed by atoms with Gasteiger partial charge in [-0.1, -0.05) is 49.9 Å². The van der Waals surface area contributed by atoms with Crippen molar-refractivity contribution in [1.82, 2.24) is 15.5 Å². The lowest BCUT2D eigenvalue weighted by molar-refractivity contribution is 0.0948. The summed E-state index contributed by atoms with van der Waals surface area (Å²) in [5, 5.41) is 10.5. The van der Waals surface area contributed by atoms with E-state index in [-0.39, 0.29) is 5.91 Å². The van der Waals surface area contributed by atoms with E-state index in [1.54, 1.807) is 18.2 Å². The number of hydrogen-bond donors (Lipinski definition) is 2. The number of nitrogens with zero attached hydrogens (tertiary/aromatic N) is 1. The molecule has 0 saturated heterocycles. The maximum Gasteiger partial charge on any atom is 0.269 e. The first-order valence-corrected chi connectivity index (χ1v) is 7.68. The molecule has 1 aromatic heterocycles. The third-order valence-electron chi connectivity index (χ3n) is 3.28. The SMILES string of the molecule is CCCCCCNC(=O)c1cc(-c2ccc(Cl)cc2)n[nH]1. The molecule has 21 heavy (non-hydrogen) atoms. The molecule has 0 radical (unpaired) electrons. The molecule has 0 bridgehead atoms. The molecule has 112 valence electrons. The maximum atomic E-state index is 12.0. The molecule has 1 amide bonds. The number of hydrogen-bond acceptors (Lipinski definition) is 2. The summed E-state index contributed by atoms with van der Waals surface area (Å²) >= 11 is 5.86. The summed E-state index contributed by atoms with van der Waals surface area (Å²) in [5.41, 5.74) is 2.15. The lowest BCUT2D eigenvalue weighted by atomic mass is 10.1. The summed E-state index contributed by atoms with van der Waals surface area (Å²) < 4.78 is 0. The van der Waals surface area contributed by atoms with E-state index in [0.717, 1.165) is 24.1 Å². The van der Waals surface area contributed by atoms with Crippen LogP contribution in [0.1, 0.15) is 43.1 Å². The molecule has 2 aromatic rings. The monoisotopic (exact) mass is 305 g/mol. The number of nitrogens with one attached hydrogen (secondary N) is 2. The molecule has 1 heterocycles. The zero-order valence-electron chi connectivity index (χ0n) is 12.2. The molecular weight excluding hydrogens is 286 g/mol. The van der Waals surface area contributed by atoms with Crippen molar-refractivity contribution in [3.05, 3.63) is 41.0 Å². The van der Waals surface area contributed by atoms with Gasteiger partial charge in [0, 0.05) is 17.1 Å². The molecule has 0 fully saturated rings. The van der Waals surface area contributed by atoms with Crippen LogP contribution in [0.2, 0.25) is 5.02 Å². The predicted molar refractivity (Wildman–Crippen MR) is 85.5 cm³/mol. The van der Waals surface area contributed by atoms with E-state index >= 15 is 0 Å². The van der Waals surface area contributed by atoms with Crippen LogP contribution in [0.4, 0.5) is 0 Å². The fourth-order valence-corrected chi connectivity index (χ4v) is 2.18. The van der Waals surface area contributed by atoms with Gasteiger partial charge in [0.15, 0.2) is 0 Å². The van der Waals surface area contributed by atoms with Gasteiger partial charge in [0.05, 0.1) is 5.69 Å². The number of H-pyrrole nitrogens is 1. The summed E-state index contributed by atoms with van der Waals surface area (Å²) in [7, 11) is 0. The van der Waals surface area contributed by atoms with Gasteiger partial charge in [0.2, 0.25) is 0 Å². The molecule has 2 rings (SSSR count). The van der Waals surface area contributed by atoms with Crippen LogP contribution in [0.3, 0.4) is 0 Å². The van der Waals surface area contributed by atoms with Gasteiger partial charge in [-0.3, -0.25) is 9.89 Å². The Labute approximate surface area is 129 Å². The Bertz CT molecular complexity index is 577. The largest absolute Gasteiger partial charge is 0.351 e. The molecule has 0 aliphatic heterocycles. The number of halogens is 1. The number of aromatic nitrogens is 2. The molecule has 0 unspecified atom stereocenters. The van der Waals surface area contributed by atoms with Gasteiger partial charge in [0.1, 0.15) is 5.69 Å². The number of carbonyl (C=O) groups excluding carboxylic acids is 1. The van der Waals surface area contributed by atoms with Crippen molar-refractivity contribution in [2.24, 2.45) is 0 Å². The Kier molecular flexibility index (Phi) is 5.81. The van der Waals surface area contributed by atoms with Crippen molar-refractivity contribution in [3.8, 4) is 11.3 Å². The topological polar surface area (TPSA) is 57.8 Å². The third-order valence-corrected chi connectivity index (χ3v) is 3.53. The van der Waals surface area contributed by atoms with Crippen LogP contribution >= 0.6 is 11.6 Å². The molecule has 0 saturated carbocycles. The van der Waals surface area contributed by atoms with Crippen LogP contribution in [-0.2, 0) is 0 Å². The van der Waals surface area contributed by atoms with E-state index in [9.17, 15) is 4.79 Å². The van der Waals surface area contributed by atoms with E-state index in [0.29, 0.717) is 17.3 Å². The van der Waals surface area contributed by atoms with E-state index in [4.69, 9.17) is 11.6 Å². The quantitative estimate of drug-likeness (QED) is 0.758. The van der Waals surface area contributed by atoms with Gasteiger partial charge >= 0.3 is 0 Å². The van der Waals surface area contributed by atoms with Crippen molar-refractivity contribution in [2.75, 3.05) is 6.54 Å². The van der Waals surface area contributed by atoms with Crippen molar-refractivity contribution in [2.45, 2.75) is 32.6 Å². The highest BCUT2D eigenvalue weighted by molar-refractivity contribution is 6.30. The van der Waals surface area contributed by atoms with E-state index in [1.165, 1.54) is 12.8 Å². The average molecular weight is 306 g/mol. The van der Waals surface area contributed by atoms with Crippen molar-refractivity contribution < 1.29 is 4.79 Å². The Morgan fingerprint density at radius 3 is 2.71 bits per heavy atom. The molecule has 0 atom stereocenters. The second kappa shape index (κ2) is 7.84. The first-order valence-electron chi connectivity index (χ1n) is 7.30. The van der Waals surface area contributed by atoms with Crippen molar-refractivity contribution in [3.63, 3.8) is 0 Å². The first kappa shape index (κ1) is 15.6. The zero-order chi connectivity index (χ0) is 15.1. The van der Waals surface area contributed by atoms with Crippen LogP contribution in [-0.4, -0.2) is 22.6 Å². The molecule has 2 N–H and O–H groups in total. The Hall–Kier alpha value is -1.81. The molecular formula is C16H20ClN3O. The summed E-state index contributed by atoms with van der Waals surface area (Å²) in [6.45, 7) is 2.87. The predicted octanol–water partition coefficient (Wildman–Crippen LogP) is 4.04. The maximum absolute atomic E-state index is 12.0.